The second kappa shape index (κ2) is 4.57. The van der Waals surface area contributed by atoms with Crippen molar-refractivity contribution in [1.82, 2.24) is 0 Å². The van der Waals surface area contributed by atoms with Crippen molar-refractivity contribution in [3.05, 3.63) is 59.7 Å². The average molecular weight is 258 g/mol. The molecule has 96 valence electrons. The minimum absolute atomic E-state index is 0.00495. The van der Waals surface area contributed by atoms with Crippen LogP contribution >= 0.6 is 0 Å². The van der Waals surface area contributed by atoms with E-state index in [0.717, 1.165) is 18.3 Å². The number of hydrogen-bond donors (Lipinski definition) is 0. The van der Waals surface area contributed by atoms with Crippen LogP contribution in [0.5, 0.6) is 0 Å². The van der Waals surface area contributed by atoms with E-state index in [-0.39, 0.29) is 17.4 Å². The Morgan fingerprint density at radius 3 is 2.32 bits per heavy atom. The number of benzene rings is 2. The maximum atomic E-state index is 13.9. The Morgan fingerprint density at radius 2 is 1.68 bits per heavy atom. The summed E-state index contributed by atoms with van der Waals surface area (Å²) in [5.41, 5.74) is 1.39. The molecular formula is C16H12F2O. The first-order valence-corrected chi connectivity index (χ1v) is 6.21. The van der Waals surface area contributed by atoms with E-state index in [1.54, 1.807) is 12.1 Å². The predicted molar refractivity (Wildman–Crippen MR) is 68.7 cm³/mol. The van der Waals surface area contributed by atoms with Crippen molar-refractivity contribution < 1.29 is 13.6 Å². The van der Waals surface area contributed by atoms with Crippen LogP contribution in [0.3, 0.4) is 0 Å². The first-order valence-electron chi connectivity index (χ1n) is 6.21. The Kier molecular flexibility index (Phi) is 2.90. The molecule has 0 bridgehead atoms. The molecule has 2 atom stereocenters. The fraction of sp³-hybridized carbons (Fsp3) is 0.188. The summed E-state index contributed by atoms with van der Waals surface area (Å²) >= 11 is 0. The van der Waals surface area contributed by atoms with Crippen LogP contribution < -0.4 is 0 Å². The smallest absolute Gasteiger partial charge is 0.133 e. The third kappa shape index (κ3) is 2.05. The number of rotatable bonds is 3. The highest BCUT2D eigenvalue weighted by Gasteiger charge is 2.39. The molecule has 0 saturated heterocycles. The third-order valence-electron chi connectivity index (χ3n) is 3.61. The average Bonchev–Trinajstić information content (AvgIpc) is 3.18. The maximum absolute atomic E-state index is 13.9. The van der Waals surface area contributed by atoms with Crippen molar-refractivity contribution in [2.75, 3.05) is 0 Å². The van der Waals surface area contributed by atoms with Crippen LogP contribution in [0.15, 0.2) is 42.5 Å². The molecule has 1 saturated carbocycles. The minimum Gasteiger partial charge on any atom is -0.303 e. The second-order valence-electron chi connectivity index (χ2n) is 4.83. The molecule has 0 spiro atoms. The van der Waals surface area contributed by atoms with E-state index >= 15 is 0 Å². The van der Waals surface area contributed by atoms with Crippen LogP contribution in [0, 0.1) is 17.6 Å². The van der Waals surface area contributed by atoms with E-state index in [1.165, 1.54) is 18.2 Å². The molecular weight excluding hydrogens is 246 g/mol. The molecule has 0 amide bonds. The molecule has 19 heavy (non-hydrogen) atoms. The first kappa shape index (κ1) is 12.0. The molecule has 0 unspecified atom stereocenters. The molecule has 3 rings (SSSR count). The molecule has 0 aromatic heterocycles. The van der Waals surface area contributed by atoms with Crippen molar-refractivity contribution in [2.45, 2.75) is 12.3 Å². The summed E-state index contributed by atoms with van der Waals surface area (Å²) in [5.74, 6) is -1.07. The summed E-state index contributed by atoms with van der Waals surface area (Å²) < 4.78 is 27.7. The first-order chi connectivity index (χ1) is 9.22. The second-order valence-corrected chi connectivity index (χ2v) is 4.83. The molecule has 0 heterocycles. The van der Waals surface area contributed by atoms with Gasteiger partial charge in [0.1, 0.15) is 17.9 Å². The van der Waals surface area contributed by atoms with Crippen molar-refractivity contribution in [2.24, 2.45) is 5.92 Å². The summed E-state index contributed by atoms with van der Waals surface area (Å²) in [4.78, 5) is 10.8. The van der Waals surface area contributed by atoms with E-state index in [1.807, 2.05) is 12.1 Å². The van der Waals surface area contributed by atoms with E-state index in [2.05, 4.69) is 0 Å². The summed E-state index contributed by atoms with van der Waals surface area (Å²) in [7, 11) is 0. The standard InChI is InChI=1S/C16H12F2O/c17-14-6-3-7-15(18)16(14)12-5-2-1-4-11(12)13-8-10(13)9-19/h1-7,9-10,13H,8H2/t10-,13+/m0/s1. The fourth-order valence-corrected chi connectivity index (χ4v) is 2.53. The molecule has 2 aromatic carbocycles. The van der Waals surface area contributed by atoms with Gasteiger partial charge in [-0.3, -0.25) is 0 Å². The highest BCUT2D eigenvalue weighted by Crippen LogP contribution is 2.49. The van der Waals surface area contributed by atoms with Crippen molar-refractivity contribution >= 4 is 6.29 Å². The SMILES string of the molecule is O=C[C@@H]1C[C@H]1c1ccccc1-c1c(F)cccc1F. The van der Waals surface area contributed by atoms with Crippen molar-refractivity contribution in [1.29, 1.82) is 0 Å². The zero-order valence-electron chi connectivity index (χ0n) is 10.1. The van der Waals surface area contributed by atoms with Crippen LogP contribution in [-0.2, 0) is 4.79 Å². The largest absolute Gasteiger partial charge is 0.303 e. The molecule has 0 N–H and O–H groups in total. The normalized spacial score (nSPS) is 21.2. The molecule has 0 aliphatic heterocycles. The van der Waals surface area contributed by atoms with Gasteiger partial charge in [-0.25, -0.2) is 8.78 Å². The van der Waals surface area contributed by atoms with Crippen molar-refractivity contribution in [3.63, 3.8) is 0 Å². The lowest BCUT2D eigenvalue weighted by Gasteiger charge is -2.10. The van der Waals surface area contributed by atoms with Gasteiger partial charge in [-0.05, 0) is 35.6 Å². The van der Waals surface area contributed by atoms with Gasteiger partial charge < -0.3 is 4.79 Å². The monoisotopic (exact) mass is 258 g/mol. The van der Waals surface area contributed by atoms with Gasteiger partial charge in [0.2, 0.25) is 0 Å². The molecule has 0 radical (unpaired) electrons. The molecule has 1 nitrogen and oxygen atoms in total. The molecule has 2 aromatic rings. The van der Waals surface area contributed by atoms with Gasteiger partial charge >= 0.3 is 0 Å². The Bertz CT molecular complexity index is 616. The van der Waals surface area contributed by atoms with Crippen molar-refractivity contribution in [3.8, 4) is 11.1 Å². The van der Waals surface area contributed by atoms with E-state index in [0.29, 0.717) is 5.56 Å². The lowest BCUT2D eigenvalue weighted by atomic mass is 9.95. The number of carbonyl (C=O) groups excluding carboxylic acids is 1. The van der Waals surface area contributed by atoms with Gasteiger partial charge in [-0.1, -0.05) is 30.3 Å². The number of aldehydes is 1. The molecule has 1 aliphatic carbocycles. The predicted octanol–water partition coefficient (Wildman–Crippen LogP) is 3.93. The summed E-state index contributed by atoms with van der Waals surface area (Å²) in [6, 6.07) is 11.0. The van der Waals surface area contributed by atoms with Gasteiger partial charge in [-0.2, -0.15) is 0 Å². The van der Waals surface area contributed by atoms with E-state index in [4.69, 9.17) is 0 Å². The topological polar surface area (TPSA) is 17.1 Å². The highest BCUT2D eigenvalue weighted by molar-refractivity contribution is 5.72. The lowest BCUT2D eigenvalue weighted by Crippen LogP contribution is -1.95. The Hall–Kier alpha value is -2.03. The third-order valence-corrected chi connectivity index (χ3v) is 3.61. The van der Waals surface area contributed by atoms with Crippen LogP contribution in [0.25, 0.3) is 11.1 Å². The maximum Gasteiger partial charge on any atom is 0.133 e. The zero-order valence-corrected chi connectivity index (χ0v) is 10.1. The minimum atomic E-state index is -0.573. The zero-order chi connectivity index (χ0) is 13.4. The molecule has 1 fully saturated rings. The Morgan fingerprint density at radius 1 is 1.00 bits per heavy atom. The summed E-state index contributed by atoms with van der Waals surface area (Å²) in [6.45, 7) is 0. The number of halogens is 2. The number of hydrogen-bond acceptors (Lipinski definition) is 1. The van der Waals surface area contributed by atoms with Crippen LogP contribution in [-0.4, -0.2) is 6.29 Å². The van der Waals surface area contributed by atoms with Gasteiger partial charge in [0.15, 0.2) is 0 Å². The van der Waals surface area contributed by atoms with Crippen LogP contribution in [0.4, 0.5) is 8.78 Å². The van der Waals surface area contributed by atoms with E-state index < -0.39 is 11.6 Å². The van der Waals surface area contributed by atoms with Crippen LogP contribution in [0.1, 0.15) is 17.9 Å². The molecule has 3 heteroatoms. The lowest BCUT2D eigenvalue weighted by molar-refractivity contribution is -0.108. The quantitative estimate of drug-likeness (QED) is 0.762. The van der Waals surface area contributed by atoms with Crippen LogP contribution in [0.2, 0.25) is 0 Å². The Labute approximate surface area is 109 Å². The molecule has 1 aliphatic rings. The Balaban J connectivity index is 2.13. The van der Waals surface area contributed by atoms with E-state index in [9.17, 15) is 13.6 Å². The summed E-state index contributed by atoms with van der Waals surface area (Å²) in [5, 5.41) is 0. The highest BCUT2D eigenvalue weighted by atomic mass is 19.1. The summed E-state index contributed by atoms with van der Waals surface area (Å²) in [6.07, 6.45) is 1.68. The number of carbonyl (C=O) groups is 1. The van der Waals surface area contributed by atoms with Gasteiger partial charge in [0.05, 0.1) is 5.56 Å². The fourth-order valence-electron chi connectivity index (χ4n) is 2.53. The van der Waals surface area contributed by atoms with Gasteiger partial charge in [-0.15, -0.1) is 0 Å². The van der Waals surface area contributed by atoms with Gasteiger partial charge in [0.25, 0.3) is 0 Å². The van der Waals surface area contributed by atoms with Gasteiger partial charge in [0, 0.05) is 5.92 Å².